The Morgan fingerprint density at radius 3 is 1.00 bits per heavy atom. The zero-order chi connectivity index (χ0) is 24.2. The summed E-state index contributed by atoms with van der Waals surface area (Å²) in [7, 11) is 0. The van der Waals surface area contributed by atoms with Crippen LogP contribution in [-0.4, -0.2) is 25.2 Å². The van der Waals surface area contributed by atoms with Crippen LogP contribution in [0.15, 0.2) is 0 Å². The fraction of sp³-hybridized carbons (Fsp3) is 0.931. The van der Waals surface area contributed by atoms with Gasteiger partial charge in [0.1, 0.15) is 0 Å². The molecule has 0 heterocycles. The highest BCUT2D eigenvalue weighted by Gasteiger charge is 2.04. The predicted octanol–water partition coefficient (Wildman–Crippen LogP) is 9.08. The van der Waals surface area contributed by atoms with E-state index < -0.39 is 0 Å². The fourth-order valence-corrected chi connectivity index (χ4v) is 4.06. The van der Waals surface area contributed by atoms with Gasteiger partial charge in [0.25, 0.3) is 0 Å². The quantitative estimate of drug-likeness (QED) is 0.0938. The van der Waals surface area contributed by atoms with Gasteiger partial charge in [-0.1, -0.05) is 123 Å². The van der Waals surface area contributed by atoms with E-state index in [9.17, 15) is 9.59 Å². The highest BCUT2D eigenvalue weighted by Crippen LogP contribution is 2.11. The first-order chi connectivity index (χ1) is 16.2. The summed E-state index contributed by atoms with van der Waals surface area (Å²) in [4.78, 5) is 23.5. The Hall–Kier alpha value is -1.06. The minimum atomic E-state index is -0.0533. The molecule has 0 fully saturated rings. The lowest BCUT2D eigenvalue weighted by molar-refractivity contribution is -0.144. The third-order valence-corrected chi connectivity index (χ3v) is 6.28. The second-order valence-electron chi connectivity index (χ2n) is 9.66. The number of unbranched alkanes of at least 4 members (excludes halogenated alkanes) is 18. The van der Waals surface area contributed by atoms with Crippen LogP contribution >= 0.6 is 0 Å². The summed E-state index contributed by atoms with van der Waals surface area (Å²) in [6, 6.07) is 0. The van der Waals surface area contributed by atoms with Crippen LogP contribution in [0.5, 0.6) is 0 Å². The van der Waals surface area contributed by atoms with Gasteiger partial charge in [-0.3, -0.25) is 9.59 Å². The second-order valence-corrected chi connectivity index (χ2v) is 9.66. The molecule has 0 N–H and O–H groups in total. The topological polar surface area (TPSA) is 52.6 Å². The Morgan fingerprint density at radius 2 is 0.667 bits per heavy atom. The maximum absolute atomic E-state index is 11.8. The van der Waals surface area contributed by atoms with Crippen molar-refractivity contribution in [2.45, 2.75) is 162 Å². The number of rotatable bonds is 26. The minimum absolute atomic E-state index is 0.0533. The molecular weight excluding hydrogens is 412 g/mol. The normalized spacial score (nSPS) is 11.0. The van der Waals surface area contributed by atoms with Crippen LogP contribution in [0.25, 0.3) is 0 Å². The van der Waals surface area contributed by atoms with Gasteiger partial charge >= 0.3 is 11.9 Å². The maximum atomic E-state index is 11.8. The molecule has 0 rings (SSSR count). The highest BCUT2D eigenvalue weighted by molar-refractivity contribution is 5.69. The SMILES string of the molecule is CCCCCCCCCCOC(=O)CCCCCCCC(=O)OCCCCCCCCCC. The molecule has 0 aliphatic carbocycles. The summed E-state index contributed by atoms with van der Waals surface area (Å²) < 4.78 is 10.7. The Bertz CT molecular complexity index is 384. The van der Waals surface area contributed by atoms with E-state index in [1.165, 1.54) is 89.9 Å². The standard InChI is InChI=1S/C29H56O4/c1-3-5-7-9-11-13-18-22-26-32-28(30)24-20-16-15-17-21-25-29(31)33-27-23-19-14-12-10-8-6-4-2/h3-27H2,1-2H3. The molecule has 196 valence electrons. The molecule has 0 unspecified atom stereocenters. The molecule has 0 aromatic rings. The molecule has 4 heteroatoms. The summed E-state index contributed by atoms with van der Waals surface area (Å²) in [6.07, 6.45) is 26.1. The molecule has 0 atom stereocenters. The molecular formula is C29H56O4. The molecule has 0 aromatic carbocycles. The van der Waals surface area contributed by atoms with E-state index in [4.69, 9.17) is 9.47 Å². The van der Waals surface area contributed by atoms with E-state index in [-0.39, 0.29) is 11.9 Å². The summed E-state index contributed by atoms with van der Waals surface area (Å²) in [5.41, 5.74) is 0. The number of carbonyl (C=O) groups excluding carboxylic acids is 2. The predicted molar refractivity (Wildman–Crippen MR) is 139 cm³/mol. The first-order valence-corrected chi connectivity index (χ1v) is 14.5. The number of ether oxygens (including phenoxy) is 2. The maximum Gasteiger partial charge on any atom is 0.305 e. The van der Waals surface area contributed by atoms with Crippen molar-refractivity contribution in [2.24, 2.45) is 0 Å². The lowest BCUT2D eigenvalue weighted by Crippen LogP contribution is -2.06. The van der Waals surface area contributed by atoms with Crippen molar-refractivity contribution in [3.8, 4) is 0 Å². The van der Waals surface area contributed by atoms with E-state index in [0.29, 0.717) is 26.1 Å². The zero-order valence-electron chi connectivity index (χ0n) is 22.3. The lowest BCUT2D eigenvalue weighted by atomic mass is 10.1. The van der Waals surface area contributed by atoms with Crippen molar-refractivity contribution in [1.29, 1.82) is 0 Å². The second kappa shape index (κ2) is 27.2. The molecule has 0 aliphatic rings. The van der Waals surface area contributed by atoms with Gasteiger partial charge in [0.2, 0.25) is 0 Å². The Labute approximate surface area is 206 Å². The highest BCUT2D eigenvalue weighted by atomic mass is 16.5. The molecule has 0 saturated carbocycles. The van der Waals surface area contributed by atoms with Crippen LogP contribution in [0.4, 0.5) is 0 Å². The molecule has 33 heavy (non-hydrogen) atoms. The Morgan fingerprint density at radius 1 is 0.394 bits per heavy atom. The molecule has 0 aliphatic heterocycles. The van der Waals surface area contributed by atoms with Crippen LogP contribution in [0, 0.1) is 0 Å². The van der Waals surface area contributed by atoms with E-state index >= 15 is 0 Å². The molecule has 0 saturated heterocycles. The van der Waals surface area contributed by atoms with Gasteiger partial charge in [0.15, 0.2) is 0 Å². The van der Waals surface area contributed by atoms with Gasteiger partial charge in [0, 0.05) is 12.8 Å². The smallest absolute Gasteiger partial charge is 0.305 e. The molecule has 0 radical (unpaired) electrons. The van der Waals surface area contributed by atoms with Gasteiger partial charge in [0.05, 0.1) is 13.2 Å². The van der Waals surface area contributed by atoms with Crippen LogP contribution in [-0.2, 0) is 19.1 Å². The van der Waals surface area contributed by atoms with Gasteiger partial charge in [-0.25, -0.2) is 0 Å². The number of hydrogen-bond donors (Lipinski definition) is 0. The van der Waals surface area contributed by atoms with Gasteiger partial charge < -0.3 is 9.47 Å². The Kier molecular flexibility index (Phi) is 26.3. The molecule has 4 nitrogen and oxygen atoms in total. The van der Waals surface area contributed by atoms with Crippen molar-refractivity contribution >= 4 is 11.9 Å². The number of esters is 2. The molecule has 0 amide bonds. The number of carbonyl (C=O) groups is 2. The van der Waals surface area contributed by atoms with E-state index in [2.05, 4.69) is 13.8 Å². The summed E-state index contributed by atoms with van der Waals surface area (Å²) in [6.45, 7) is 5.64. The molecule has 0 spiro atoms. The van der Waals surface area contributed by atoms with Crippen LogP contribution in [0.2, 0.25) is 0 Å². The van der Waals surface area contributed by atoms with E-state index in [1.807, 2.05) is 0 Å². The third-order valence-electron chi connectivity index (χ3n) is 6.28. The van der Waals surface area contributed by atoms with Crippen LogP contribution in [0.3, 0.4) is 0 Å². The van der Waals surface area contributed by atoms with Crippen molar-refractivity contribution in [1.82, 2.24) is 0 Å². The van der Waals surface area contributed by atoms with E-state index in [0.717, 1.165) is 44.9 Å². The van der Waals surface area contributed by atoms with Crippen molar-refractivity contribution < 1.29 is 19.1 Å². The summed E-state index contributed by atoms with van der Waals surface area (Å²) in [5.74, 6) is -0.107. The van der Waals surface area contributed by atoms with Crippen molar-refractivity contribution in [3.05, 3.63) is 0 Å². The zero-order valence-corrected chi connectivity index (χ0v) is 22.3. The lowest BCUT2D eigenvalue weighted by Gasteiger charge is -2.06. The monoisotopic (exact) mass is 468 g/mol. The van der Waals surface area contributed by atoms with Gasteiger partial charge in [-0.15, -0.1) is 0 Å². The van der Waals surface area contributed by atoms with Crippen molar-refractivity contribution in [2.75, 3.05) is 13.2 Å². The third kappa shape index (κ3) is 27.1. The largest absolute Gasteiger partial charge is 0.466 e. The van der Waals surface area contributed by atoms with E-state index in [1.54, 1.807) is 0 Å². The van der Waals surface area contributed by atoms with Crippen molar-refractivity contribution in [3.63, 3.8) is 0 Å². The fourth-order valence-electron chi connectivity index (χ4n) is 4.06. The first-order valence-electron chi connectivity index (χ1n) is 14.5. The van der Waals surface area contributed by atoms with Crippen LogP contribution < -0.4 is 0 Å². The molecule has 0 aromatic heterocycles. The summed E-state index contributed by atoms with van der Waals surface area (Å²) >= 11 is 0. The van der Waals surface area contributed by atoms with Gasteiger partial charge in [-0.05, 0) is 25.7 Å². The average molecular weight is 469 g/mol. The summed E-state index contributed by atoms with van der Waals surface area (Å²) in [5, 5.41) is 0. The minimum Gasteiger partial charge on any atom is -0.466 e. The Balaban J connectivity index is 3.26. The molecule has 0 bridgehead atoms. The first kappa shape index (κ1) is 31.9. The van der Waals surface area contributed by atoms with Gasteiger partial charge in [-0.2, -0.15) is 0 Å². The average Bonchev–Trinajstić information content (AvgIpc) is 2.81. The number of hydrogen-bond acceptors (Lipinski definition) is 4. The van der Waals surface area contributed by atoms with Crippen LogP contribution in [0.1, 0.15) is 162 Å².